The molecule has 0 aliphatic rings. The summed E-state index contributed by atoms with van der Waals surface area (Å²) in [6.45, 7) is -0.0119. The van der Waals surface area contributed by atoms with E-state index in [1.807, 2.05) is 0 Å². The summed E-state index contributed by atoms with van der Waals surface area (Å²) in [5.41, 5.74) is -0.527. The van der Waals surface area contributed by atoms with Crippen molar-refractivity contribution < 1.29 is 17.9 Å². The Kier molecular flexibility index (Phi) is 4.07. The molecule has 1 N–H and O–H groups in total. The SMILES string of the molecule is COc1cnc(NCc2ccccc2C(F)(F)F)nc1. The maximum atomic E-state index is 12.8. The molecule has 0 bridgehead atoms. The Morgan fingerprint density at radius 3 is 2.40 bits per heavy atom. The summed E-state index contributed by atoms with van der Waals surface area (Å²) in [5.74, 6) is 0.717. The summed E-state index contributed by atoms with van der Waals surface area (Å²) in [4.78, 5) is 7.86. The van der Waals surface area contributed by atoms with E-state index >= 15 is 0 Å². The number of rotatable bonds is 4. The minimum Gasteiger partial charge on any atom is -0.494 e. The summed E-state index contributed by atoms with van der Waals surface area (Å²) < 4.78 is 43.3. The van der Waals surface area contributed by atoms with Gasteiger partial charge in [0.2, 0.25) is 5.95 Å². The zero-order valence-electron chi connectivity index (χ0n) is 10.6. The maximum Gasteiger partial charge on any atom is 0.416 e. The molecule has 1 aromatic heterocycles. The van der Waals surface area contributed by atoms with E-state index in [-0.39, 0.29) is 18.1 Å². The highest BCUT2D eigenvalue weighted by Crippen LogP contribution is 2.31. The van der Waals surface area contributed by atoms with Crippen molar-refractivity contribution in [3.63, 3.8) is 0 Å². The third kappa shape index (κ3) is 3.37. The van der Waals surface area contributed by atoms with Gasteiger partial charge in [-0.25, -0.2) is 9.97 Å². The molecule has 0 saturated carbocycles. The summed E-state index contributed by atoms with van der Waals surface area (Å²) in [6.07, 6.45) is -1.50. The highest BCUT2D eigenvalue weighted by atomic mass is 19.4. The summed E-state index contributed by atoms with van der Waals surface area (Å²) in [5, 5.41) is 2.75. The molecule has 7 heteroatoms. The number of benzene rings is 1. The van der Waals surface area contributed by atoms with Gasteiger partial charge in [0.25, 0.3) is 0 Å². The molecule has 106 valence electrons. The first-order valence-electron chi connectivity index (χ1n) is 5.75. The molecule has 0 spiro atoms. The first-order valence-corrected chi connectivity index (χ1v) is 5.75. The average Bonchev–Trinajstić information content (AvgIpc) is 2.45. The Morgan fingerprint density at radius 1 is 1.15 bits per heavy atom. The third-order valence-electron chi connectivity index (χ3n) is 2.62. The van der Waals surface area contributed by atoms with Crippen LogP contribution in [0.5, 0.6) is 5.75 Å². The van der Waals surface area contributed by atoms with Gasteiger partial charge in [0, 0.05) is 6.54 Å². The van der Waals surface area contributed by atoms with Gasteiger partial charge in [-0.15, -0.1) is 0 Å². The molecule has 0 amide bonds. The molecule has 0 aliphatic carbocycles. The van der Waals surface area contributed by atoms with Crippen molar-refractivity contribution in [2.75, 3.05) is 12.4 Å². The maximum absolute atomic E-state index is 12.8. The molecular weight excluding hydrogens is 271 g/mol. The van der Waals surface area contributed by atoms with Gasteiger partial charge in [-0.3, -0.25) is 0 Å². The lowest BCUT2D eigenvalue weighted by atomic mass is 10.1. The van der Waals surface area contributed by atoms with Crippen LogP contribution in [0.3, 0.4) is 0 Å². The van der Waals surface area contributed by atoms with Crippen LogP contribution in [0.25, 0.3) is 0 Å². The lowest BCUT2D eigenvalue weighted by Gasteiger charge is -2.13. The Balaban J connectivity index is 2.10. The van der Waals surface area contributed by atoms with Gasteiger partial charge >= 0.3 is 6.18 Å². The van der Waals surface area contributed by atoms with Crippen LogP contribution in [0, 0.1) is 0 Å². The number of ether oxygens (including phenoxy) is 1. The van der Waals surface area contributed by atoms with E-state index in [9.17, 15) is 13.2 Å². The lowest BCUT2D eigenvalue weighted by Crippen LogP contribution is -2.12. The minimum absolute atomic E-state index is 0.0119. The number of halogens is 3. The van der Waals surface area contributed by atoms with Crippen LogP contribution in [0.15, 0.2) is 36.7 Å². The molecule has 1 heterocycles. The van der Waals surface area contributed by atoms with E-state index in [4.69, 9.17) is 4.74 Å². The van der Waals surface area contributed by atoms with Gasteiger partial charge in [-0.2, -0.15) is 13.2 Å². The topological polar surface area (TPSA) is 47.0 Å². The number of nitrogens with zero attached hydrogens (tertiary/aromatic N) is 2. The fourth-order valence-electron chi connectivity index (χ4n) is 1.64. The average molecular weight is 283 g/mol. The van der Waals surface area contributed by atoms with Crippen LogP contribution in [0.4, 0.5) is 19.1 Å². The number of hydrogen-bond donors (Lipinski definition) is 1. The second-order valence-electron chi connectivity index (χ2n) is 3.95. The van der Waals surface area contributed by atoms with Gasteiger partial charge in [-0.05, 0) is 11.6 Å². The second-order valence-corrected chi connectivity index (χ2v) is 3.95. The molecule has 20 heavy (non-hydrogen) atoms. The van der Waals surface area contributed by atoms with Crippen molar-refractivity contribution in [3.8, 4) is 5.75 Å². The third-order valence-corrected chi connectivity index (χ3v) is 2.62. The van der Waals surface area contributed by atoms with Crippen LogP contribution < -0.4 is 10.1 Å². The van der Waals surface area contributed by atoms with Crippen LogP contribution in [0.2, 0.25) is 0 Å². The molecule has 0 fully saturated rings. The molecule has 0 aliphatic heterocycles. The van der Waals surface area contributed by atoms with Crippen molar-refractivity contribution in [2.45, 2.75) is 12.7 Å². The van der Waals surface area contributed by atoms with Crippen molar-refractivity contribution in [2.24, 2.45) is 0 Å². The van der Waals surface area contributed by atoms with Crippen LogP contribution in [0.1, 0.15) is 11.1 Å². The van der Waals surface area contributed by atoms with Gasteiger partial charge < -0.3 is 10.1 Å². The normalized spacial score (nSPS) is 11.2. The van der Waals surface area contributed by atoms with E-state index in [0.717, 1.165) is 6.07 Å². The molecule has 0 atom stereocenters. The van der Waals surface area contributed by atoms with Crippen molar-refractivity contribution in [3.05, 3.63) is 47.8 Å². The van der Waals surface area contributed by atoms with Crippen LogP contribution in [-0.2, 0) is 12.7 Å². The molecule has 2 aromatic rings. The van der Waals surface area contributed by atoms with Crippen LogP contribution in [-0.4, -0.2) is 17.1 Å². The number of aromatic nitrogens is 2. The number of nitrogens with one attached hydrogen (secondary N) is 1. The van der Waals surface area contributed by atoms with Crippen LogP contribution >= 0.6 is 0 Å². The van der Waals surface area contributed by atoms with E-state index in [1.165, 1.54) is 31.6 Å². The molecule has 2 rings (SSSR count). The fourth-order valence-corrected chi connectivity index (χ4v) is 1.64. The Bertz CT molecular complexity index is 570. The predicted molar refractivity (Wildman–Crippen MR) is 67.4 cm³/mol. The van der Waals surface area contributed by atoms with E-state index in [1.54, 1.807) is 6.07 Å². The monoisotopic (exact) mass is 283 g/mol. The van der Waals surface area contributed by atoms with Crippen molar-refractivity contribution in [1.29, 1.82) is 0 Å². The summed E-state index contributed by atoms with van der Waals surface area (Å²) in [7, 11) is 1.48. The van der Waals surface area contributed by atoms with Gasteiger partial charge in [0.1, 0.15) is 0 Å². The number of alkyl halides is 3. The molecule has 0 radical (unpaired) electrons. The van der Waals surface area contributed by atoms with E-state index in [2.05, 4.69) is 15.3 Å². The standard InChI is InChI=1S/C13H12F3N3O/c1-20-10-7-18-12(19-8-10)17-6-9-4-2-3-5-11(9)13(14,15)16/h2-5,7-8H,6H2,1H3,(H,17,18,19). The summed E-state index contributed by atoms with van der Waals surface area (Å²) >= 11 is 0. The molecule has 4 nitrogen and oxygen atoms in total. The highest BCUT2D eigenvalue weighted by molar-refractivity contribution is 5.34. The minimum atomic E-state index is -4.38. The predicted octanol–water partition coefficient (Wildman–Crippen LogP) is 3.12. The smallest absolute Gasteiger partial charge is 0.416 e. The molecule has 0 unspecified atom stereocenters. The Morgan fingerprint density at radius 2 is 1.80 bits per heavy atom. The molecule has 1 aromatic carbocycles. The molecular formula is C13H12F3N3O. The van der Waals surface area contributed by atoms with Gasteiger partial charge in [0.05, 0.1) is 25.1 Å². The first kappa shape index (κ1) is 14.1. The number of hydrogen-bond acceptors (Lipinski definition) is 4. The first-order chi connectivity index (χ1) is 9.50. The number of methoxy groups -OCH3 is 1. The Labute approximate surface area is 113 Å². The van der Waals surface area contributed by atoms with E-state index < -0.39 is 11.7 Å². The number of anilines is 1. The van der Waals surface area contributed by atoms with E-state index in [0.29, 0.717) is 5.75 Å². The summed E-state index contributed by atoms with van der Waals surface area (Å²) in [6, 6.07) is 5.38. The Hall–Kier alpha value is -2.31. The van der Waals surface area contributed by atoms with Crippen molar-refractivity contribution in [1.82, 2.24) is 9.97 Å². The quantitative estimate of drug-likeness (QED) is 0.936. The zero-order valence-corrected chi connectivity index (χ0v) is 10.6. The van der Waals surface area contributed by atoms with Gasteiger partial charge in [-0.1, -0.05) is 18.2 Å². The largest absolute Gasteiger partial charge is 0.494 e. The zero-order chi connectivity index (χ0) is 14.6. The van der Waals surface area contributed by atoms with Gasteiger partial charge in [0.15, 0.2) is 5.75 Å². The highest BCUT2D eigenvalue weighted by Gasteiger charge is 2.32. The molecule has 0 saturated heterocycles. The second kappa shape index (κ2) is 5.77. The fraction of sp³-hybridized carbons (Fsp3) is 0.231. The van der Waals surface area contributed by atoms with Crippen molar-refractivity contribution >= 4 is 5.95 Å². The lowest BCUT2D eigenvalue weighted by molar-refractivity contribution is -0.138.